The van der Waals surface area contributed by atoms with Crippen LogP contribution in [0.5, 0.6) is 0 Å². The minimum atomic E-state index is -0.0712. The highest BCUT2D eigenvalue weighted by atomic mass is 16.2. The Morgan fingerprint density at radius 3 is 1.81 bits per heavy atom. The fraction of sp³-hybridized carbons (Fsp3) is 0.167. The molecule has 0 unspecified atom stereocenters. The zero-order valence-electron chi connectivity index (χ0n) is 15.5. The van der Waals surface area contributed by atoms with Crippen LogP contribution in [0, 0.1) is 0 Å². The van der Waals surface area contributed by atoms with Gasteiger partial charge in [-0.3, -0.25) is 4.79 Å². The molecule has 1 N–H and O–H groups in total. The van der Waals surface area contributed by atoms with Gasteiger partial charge in [-0.05, 0) is 30.0 Å². The van der Waals surface area contributed by atoms with Crippen LogP contribution in [-0.4, -0.2) is 11.6 Å². The molecule has 0 radical (unpaired) electrons. The molecule has 27 heavy (non-hydrogen) atoms. The highest BCUT2D eigenvalue weighted by molar-refractivity contribution is 5.92. The van der Waals surface area contributed by atoms with Gasteiger partial charge in [0.25, 0.3) is 0 Å². The van der Waals surface area contributed by atoms with Crippen molar-refractivity contribution in [3.8, 4) is 0 Å². The number of amides is 1. The quantitative estimate of drug-likeness (QED) is 0.473. The van der Waals surface area contributed by atoms with E-state index in [1.807, 2.05) is 73.7 Å². The summed E-state index contributed by atoms with van der Waals surface area (Å²) < 4.78 is 0. The molecule has 3 aromatic rings. The van der Waals surface area contributed by atoms with Crippen molar-refractivity contribution in [2.75, 3.05) is 0 Å². The first kappa shape index (κ1) is 18.6. The smallest absolute Gasteiger partial charge is 0.240 e. The van der Waals surface area contributed by atoms with Gasteiger partial charge in [0.2, 0.25) is 5.91 Å². The molecule has 0 aliphatic rings. The maximum absolute atomic E-state index is 12.2. The van der Waals surface area contributed by atoms with Crippen molar-refractivity contribution < 1.29 is 4.79 Å². The van der Waals surface area contributed by atoms with E-state index in [4.69, 9.17) is 0 Å². The van der Waals surface area contributed by atoms with Gasteiger partial charge in [0, 0.05) is 18.1 Å². The van der Waals surface area contributed by atoms with Crippen molar-refractivity contribution in [1.82, 2.24) is 5.43 Å². The Kier molecular flexibility index (Phi) is 6.53. The van der Waals surface area contributed by atoms with Gasteiger partial charge in [-0.15, -0.1) is 0 Å². The van der Waals surface area contributed by atoms with Gasteiger partial charge in [0.15, 0.2) is 0 Å². The lowest BCUT2D eigenvalue weighted by molar-refractivity contribution is -0.121. The standard InChI is InChI=1S/C24H24N2O/c1-19(25-26-23(27)18-17-20-11-5-2-6-12-20)24(21-13-7-3-8-14-21)22-15-9-4-10-16-22/h2-16,24H,17-18H2,1H3,(H,26,27)/b25-19+. The lowest BCUT2D eigenvalue weighted by atomic mass is 9.88. The average Bonchev–Trinajstić information content (AvgIpc) is 2.73. The first-order chi connectivity index (χ1) is 13.2. The average molecular weight is 356 g/mol. The minimum absolute atomic E-state index is 0.0156. The van der Waals surface area contributed by atoms with E-state index < -0.39 is 0 Å². The molecule has 0 spiro atoms. The van der Waals surface area contributed by atoms with Gasteiger partial charge < -0.3 is 0 Å². The number of hydrogen-bond acceptors (Lipinski definition) is 2. The third-order valence-corrected chi connectivity index (χ3v) is 4.52. The monoisotopic (exact) mass is 356 g/mol. The number of nitrogens with one attached hydrogen (secondary N) is 1. The van der Waals surface area contributed by atoms with Crippen LogP contribution in [0.3, 0.4) is 0 Å². The van der Waals surface area contributed by atoms with Crippen molar-refractivity contribution in [1.29, 1.82) is 0 Å². The van der Waals surface area contributed by atoms with Crippen LogP contribution < -0.4 is 5.43 Å². The molecule has 3 heteroatoms. The lowest BCUT2D eigenvalue weighted by Crippen LogP contribution is -2.22. The lowest BCUT2D eigenvalue weighted by Gasteiger charge is -2.18. The maximum Gasteiger partial charge on any atom is 0.240 e. The second kappa shape index (κ2) is 9.48. The van der Waals surface area contributed by atoms with Crippen molar-refractivity contribution >= 4 is 11.6 Å². The molecule has 0 aromatic heterocycles. The number of hydrazone groups is 1. The Balaban J connectivity index is 1.70. The summed E-state index contributed by atoms with van der Waals surface area (Å²) in [5, 5.41) is 4.41. The molecule has 0 saturated carbocycles. The van der Waals surface area contributed by atoms with Crippen LogP contribution in [0.4, 0.5) is 0 Å². The highest BCUT2D eigenvalue weighted by Crippen LogP contribution is 2.26. The number of hydrogen-bond donors (Lipinski definition) is 1. The van der Waals surface area contributed by atoms with Gasteiger partial charge in [0.1, 0.15) is 0 Å². The van der Waals surface area contributed by atoms with Gasteiger partial charge >= 0.3 is 0 Å². The van der Waals surface area contributed by atoms with Gasteiger partial charge in [0.05, 0.1) is 0 Å². The summed E-state index contributed by atoms with van der Waals surface area (Å²) in [6.45, 7) is 1.96. The van der Waals surface area contributed by atoms with Crippen LogP contribution in [-0.2, 0) is 11.2 Å². The summed E-state index contributed by atoms with van der Waals surface area (Å²) in [6.07, 6.45) is 1.13. The van der Waals surface area contributed by atoms with Crippen LogP contribution in [0.2, 0.25) is 0 Å². The van der Waals surface area contributed by atoms with E-state index >= 15 is 0 Å². The van der Waals surface area contributed by atoms with E-state index in [0.717, 1.165) is 22.4 Å². The van der Waals surface area contributed by atoms with Gasteiger partial charge in [-0.2, -0.15) is 5.10 Å². The number of rotatable bonds is 7. The molecule has 0 aliphatic carbocycles. The van der Waals surface area contributed by atoms with Gasteiger partial charge in [-0.25, -0.2) is 5.43 Å². The molecular weight excluding hydrogens is 332 g/mol. The van der Waals surface area contributed by atoms with Crippen molar-refractivity contribution in [3.63, 3.8) is 0 Å². The Morgan fingerprint density at radius 2 is 1.30 bits per heavy atom. The third kappa shape index (κ3) is 5.38. The van der Waals surface area contributed by atoms with E-state index in [2.05, 4.69) is 34.8 Å². The summed E-state index contributed by atoms with van der Waals surface area (Å²) >= 11 is 0. The molecular formula is C24H24N2O. The first-order valence-corrected chi connectivity index (χ1v) is 9.21. The summed E-state index contributed by atoms with van der Waals surface area (Å²) in [4.78, 5) is 12.2. The second-order valence-electron chi connectivity index (χ2n) is 6.53. The Bertz CT molecular complexity index is 835. The van der Waals surface area contributed by atoms with Crippen molar-refractivity contribution in [2.45, 2.75) is 25.7 Å². The van der Waals surface area contributed by atoms with Crippen LogP contribution >= 0.6 is 0 Å². The predicted molar refractivity (Wildman–Crippen MR) is 111 cm³/mol. The molecule has 1 amide bonds. The Hall–Kier alpha value is -3.20. The van der Waals surface area contributed by atoms with E-state index in [-0.39, 0.29) is 11.8 Å². The fourth-order valence-electron chi connectivity index (χ4n) is 3.14. The first-order valence-electron chi connectivity index (χ1n) is 9.21. The Morgan fingerprint density at radius 1 is 0.815 bits per heavy atom. The van der Waals surface area contributed by atoms with Crippen molar-refractivity contribution in [3.05, 3.63) is 108 Å². The summed E-state index contributed by atoms with van der Waals surface area (Å²) in [6, 6.07) is 30.5. The number of carbonyl (C=O) groups excluding carboxylic acids is 1. The summed E-state index contributed by atoms with van der Waals surface area (Å²) in [5.74, 6) is -0.0556. The fourth-order valence-corrected chi connectivity index (χ4v) is 3.14. The molecule has 3 nitrogen and oxygen atoms in total. The number of nitrogens with zero attached hydrogens (tertiary/aromatic N) is 1. The van der Waals surface area contributed by atoms with Crippen LogP contribution in [0.15, 0.2) is 96.1 Å². The predicted octanol–water partition coefficient (Wildman–Crippen LogP) is 4.94. The molecule has 0 fully saturated rings. The normalized spacial score (nSPS) is 11.4. The van der Waals surface area contributed by atoms with Crippen molar-refractivity contribution in [2.24, 2.45) is 5.10 Å². The molecule has 3 rings (SSSR count). The summed E-state index contributed by atoms with van der Waals surface area (Å²) in [7, 11) is 0. The molecule has 0 aliphatic heterocycles. The van der Waals surface area contributed by atoms with Gasteiger partial charge in [-0.1, -0.05) is 91.0 Å². The van der Waals surface area contributed by atoms with E-state index in [9.17, 15) is 4.79 Å². The number of aryl methyl sites for hydroxylation is 1. The second-order valence-corrected chi connectivity index (χ2v) is 6.53. The topological polar surface area (TPSA) is 41.5 Å². The van der Waals surface area contributed by atoms with E-state index in [1.54, 1.807) is 0 Å². The van der Waals surface area contributed by atoms with E-state index in [0.29, 0.717) is 12.8 Å². The SMILES string of the molecule is C/C(=N\NC(=O)CCc1ccccc1)C(c1ccccc1)c1ccccc1. The Labute approximate surface area is 160 Å². The highest BCUT2D eigenvalue weighted by Gasteiger charge is 2.17. The zero-order valence-corrected chi connectivity index (χ0v) is 15.5. The number of carbonyl (C=O) groups is 1. The molecule has 0 atom stereocenters. The zero-order chi connectivity index (χ0) is 18.9. The van der Waals surface area contributed by atoms with Crippen LogP contribution in [0.1, 0.15) is 36.0 Å². The minimum Gasteiger partial charge on any atom is -0.273 e. The third-order valence-electron chi connectivity index (χ3n) is 4.52. The largest absolute Gasteiger partial charge is 0.273 e. The number of benzene rings is 3. The molecule has 0 heterocycles. The van der Waals surface area contributed by atoms with Crippen LogP contribution in [0.25, 0.3) is 0 Å². The molecule has 0 bridgehead atoms. The molecule has 136 valence electrons. The summed E-state index contributed by atoms with van der Waals surface area (Å²) in [5.41, 5.74) is 7.05. The maximum atomic E-state index is 12.2. The van der Waals surface area contributed by atoms with E-state index in [1.165, 1.54) is 0 Å². The molecule has 0 saturated heterocycles. The molecule has 3 aromatic carbocycles.